The van der Waals surface area contributed by atoms with Crippen molar-refractivity contribution < 1.29 is 33.8 Å². The summed E-state index contributed by atoms with van der Waals surface area (Å²) < 4.78 is 15.5. The van der Waals surface area contributed by atoms with Crippen molar-refractivity contribution in [2.45, 2.75) is 19.8 Å². The molecule has 1 aliphatic rings. The van der Waals surface area contributed by atoms with Gasteiger partial charge in [-0.05, 0) is 43.2 Å². The van der Waals surface area contributed by atoms with E-state index < -0.39 is 22.8 Å². The zero-order valence-electron chi connectivity index (χ0n) is 20.2. The number of carbonyl (C=O) groups is 2. The quantitative estimate of drug-likeness (QED) is 0.317. The Balaban J connectivity index is 1.90. The van der Waals surface area contributed by atoms with E-state index in [9.17, 15) is 24.8 Å². The molecule has 0 spiro atoms. The normalized spacial score (nSPS) is 15.5. The van der Waals surface area contributed by atoms with Crippen molar-refractivity contribution in [3.8, 4) is 11.5 Å². The van der Waals surface area contributed by atoms with Gasteiger partial charge in [-0.15, -0.1) is 0 Å². The number of nitro groups is 1. The zero-order chi connectivity index (χ0) is 26.4. The van der Waals surface area contributed by atoms with E-state index in [2.05, 4.69) is 5.32 Å². The summed E-state index contributed by atoms with van der Waals surface area (Å²) in [5, 5.41) is 24.1. The van der Waals surface area contributed by atoms with Gasteiger partial charge in [-0.1, -0.05) is 24.3 Å². The van der Waals surface area contributed by atoms with Crippen LogP contribution < -0.4 is 10.1 Å². The fraction of sp³-hybridized carbons (Fsp3) is 0.231. The van der Waals surface area contributed by atoms with E-state index in [1.54, 1.807) is 44.2 Å². The largest absolute Gasteiger partial charge is 0.504 e. The van der Waals surface area contributed by atoms with Crippen molar-refractivity contribution in [1.29, 1.82) is 0 Å². The molecule has 0 fully saturated rings. The lowest BCUT2D eigenvalue weighted by Gasteiger charge is -2.30. The average Bonchev–Trinajstić information content (AvgIpc) is 2.86. The highest BCUT2D eigenvalue weighted by Gasteiger charge is 2.38. The number of rotatable bonds is 8. The fourth-order valence-electron chi connectivity index (χ4n) is 3.98. The molecule has 0 saturated heterocycles. The Labute approximate surface area is 207 Å². The first-order chi connectivity index (χ1) is 17.2. The monoisotopic (exact) mass is 494 g/mol. The number of phenolic OH excluding ortho intramolecular Hbond substituents is 1. The SMILES string of the molecule is COC(=O)C1=C(C)NC(C)=C(C(=O)OCC=Cc2ccc(O)c(OC)c2)C1c1cccc([N+](=O)[O-])c1. The highest BCUT2D eigenvalue weighted by Crippen LogP contribution is 2.40. The van der Waals surface area contributed by atoms with Gasteiger partial charge in [0, 0.05) is 23.5 Å². The number of aromatic hydroxyl groups is 1. The number of methoxy groups -OCH3 is 2. The molecule has 0 aromatic heterocycles. The number of ether oxygens (including phenoxy) is 3. The Morgan fingerprint density at radius 1 is 1.08 bits per heavy atom. The standard InChI is InChI=1S/C26H26N2O8/c1-15-22(25(30)35-4)24(18-8-5-9-19(14-18)28(32)33)23(16(2)27-15)26(31)36-12-6-7-17-10-11-20(29)21(13-17)34-3/h5-11,13-14,24,27,29H,12H2,1-4H3. The topological polar surface area (TPSA) is 137 Å². The predicted octanol–water partition coefficient (Wildman–Crippen LogP) is 3.97. The third-order valence-corrected chi connectivity index (χ3v) is 5.62. The smallest absolute Gasteiger partial charge is 0.337 e. The predicted molar refractivity (Wildman–Crippen MR) is 131 cm³/mol. The van der Waals surface area contributed by atoms with Crippen LogP contribution >= 0.6 is 0 Å². The number of nitrogens with one attached hydrogen (secondary N) is 1. The summed E-state index contributed by atoms with van der Waals surface area (Å²) in [5.74, 6) is -1.99. The molecular weight excluding hydrogens is 468 g/mol. The number of hydrogen-bond acceptors (Lipinski definition) is 9. The van der Waals surface area contributed by atoms with E-state index >= 15 is 0 Å². The van der Waals surface area contributed by atoms with Gasteiger partial charge in [-0.25, -0.2) is 9.59 Å². The molecule has 2 aromatic rings. The molecule has 2 N–H and O–H groups in total. The summed E-state index contributed by atoms with van der Waals surface area (Å²) in [6.45, 7) is 3.24. The molecular formula is C26H26N2O8. The molecule has 0 bridgehead atoms. The number of nitro benzene ring substituents is 1. The van der Waals surface area contributed by atoms with Gasteiger partial charge in [-0.2, -0.15) is 0 Å². The van der Waals surface area contributed by atoms with Gasteiger partial charge in [-0.3, -0.25) is 10.1 Å². The highest BCUT2D eigenvalue weighted by atomic mass is 16.6. The second-order valence-electron chi connectivity index (χ2n) is 7.91. The van der Waals surface area contributed by atoms with Crippen LogP contribution in [0.3, 0.4) is 0 Å². The maximum absolute atomic E-state index is 13.2. The Morgan fingerprint density at radius 3 is 2.42 bits per heavy atom. The molecule has 1 atom stereocenters. The van der Waals surface area contributed by atoms with Crippen molar-refractivity contribution in [3.63, 3.8) is 0 Å². The van der Waals surface area contributed by atoms with Gasteiger partial charge in [0.25, 0.3) is 5.69 Å². The Hall–Kier alpha value is -4.60. The minimum absolute atomic E-state index is 0.00485. The molecule has 3 rings (SSSR count). The van der Waals surface area contributed by atoms with Crippen LogP contribution in [0.4, 0.5) is 5.69 Å². The molecule has 1 aliphatic heterocycles. The number of esters is 2. The molecule has 188 valence electrons. The number of benzene rings is 2. The Morgan fingerprint density at radius 2 is 1.78 bits per heavy atom. The van der Waals surface area contributed by atoms with Gasteiger partial charge in [0.05, 0.1) is 36.2 Å². The van der Waals surface area contributed by atoms with Crippen LogP contribution in [0.1, 0.15) is 30.9 Å². The lowest BCUT2D eigenvalue weighted by Crippen LogP contribution is -2.32. The van der Waals surface area contributed by atoms with Crippen LogP contribution in [0.5, 0.6) is 11.5 Å². The summed E-state index contributed by atoms with van der Waals surface area (Å²) in [6, 6.07) is 10.5. The van der Waals surface area contributed by atoms with E-state index in [0.29, 0.717) is 22.7 Å². The van der Waals surface area contributed by atoms with Crippen LogP contribution in [0.15, 0.2) is 71.1 Å². The van der Waals surface area contributed by atoms with Crippen molar-refractivity contribution in [3.05, 3.63) is 92.3 Å². The lowest BCUT2D eigenvalue weighted by atomic mass is 9.80. The number of allylic oxidation sites excluding steroid dienone is 2. The van der Waals surface area contributed by atoms with E-state index in [1.807, 2.05) is 0 Å². The summed E-state index contributed by atoms with van der Waals surface area (Å²) in [5.41, 5.74) is 2.14. The second kappa shape index (κ2) is 11.2. The zero-order valence-corrected chi connectivity index (χ0v) is 20.2. The second-order valence-corrected chi connectivity index (χ2v) is 7.91. The first kappa shape index (κ1) is 26.0. The van der Waals surface area contributed by atoms with Gasteiger partial charge in [0.15, 0.2) is 11.5 Å². The lowest BCUT2D eigenvalue weighted by molar-refractivity contribution is -0.384. The van der Waals surface area contributed by atoms with Gasteiger partial charge >= 0.3 is 11.9 Å². The van der Waals surface area contributed by atoms with Crippen LogP contribution in [0.2, 0.25) is 0 Å². The van der Waals surface area contributed by atoms with Gasteiger partial charge in [0.2, 0.25) is 0 Å². The molecule has 0 aliphatic carbocycles. The molecule has 0 amide bonds. The van der Waals surface area contributed by atoms with Crippen LogP contribution in [-0.2, 0) is 19.1 Å². The number of non-ortho nitro benzene ring substituents is 1. The number of hydrogen-bond donors (Lipinski definition) is 2. The van der Waals surface area contributed by atoms with Crippen LogP contribution in [-0.4, -0.2) is 42.8 Å². The van der Waals surface area contributed by atoms with Gasteiger partial charge < -0.3 is 24.6 Å². The highest BCUT2D eigenvalue weighted by molar-refractivity contribution is 6.00. The molecule has 10 nitrogen and oxygen atoms in total. The fourth-order valence-corrected chi connectivity index (χ4v) is 3.98. The van der Waals surface area contributed by atoms with Crippen molar-refractivity contribution in [2.75, 3.05) is 20.8 Å². The third-order valence-electron chi connectivity index (χ3n) is 5.62. The summed E-state index contributed by atoms with van der Waals surface area (Å²) in [6.07, 6.45) is 3.30. The van der Waals surface area contributed by atoms with E-state index in [0.717, 1.165) is 5.56 Å². The summed E-state index contributed by atoms with van der Waals surface area (Å²) >= 11 is 0. The first-order valence-corrected chi connectivity index (χ1v) is 10.9. The molecule has 0 radical (unpaired) electrons. The minimum atomic E-state index is -0.934. The van der Waals surface area contributed by atoms with E-state index in [4.69, 9.17) is 14.2 Å². The number of dihydropyridines is 1. The molecule has 1 heterocycles. The number of carbonyl (C=O) groups excluding carboxylic acids is 2. The maximum atomic E-state index is 13.2. The number of nitrogens with zero attached hydrogens (tertiary/aromatic N) is 1. The summed E-state index contributed by atoms with van der Waals surface area (Å²) in [7, 11) is 2.66. The van der Waals surface area contributed by atoms with Crippen LogP contribution in [0.25, 0.3) is 6.08 Å². The maximum Gasteiger partial charge on any atom is 0.337 e. The molecule has 1 unspecified atom stereocenters. The first-order valence-electron chi connectivity index (χ1n) is 10.9. The van der Waals surface area contributed by atoms with Crippen LogP contribution in [0, 0.1) is 10.1 Å². The average molecular weight is 495 g/mol. The third kappa shape index (κ3) is 5.54. The number of phenols is 1. The summed E-state index contributed by atoms with van der Waals surface area (Å²) in [4.78, 5) is 36.7. The molecule has 0 saturated carbocycles. The molecule has 36 heavy (non-hydrogen) atoms. The van der Waals surface area contributed by atoms with Gasteiger partial charge in [0.1, 0.15) is 6.61 Å². The Kier molecular flexibility index (Phi) is 8.11. The van der Waals surface area contributed by atoms with E-state index in [1.165, 1.54) is 38.5 Å². The molecule has 10 heteroatoms. The van der Waals surface area contributed by atoms with Crippen molar-refractivity contribution in [2.24, 2.45) is 0 Å². The minimum Gasteiger partial charge on any atom is -0.504 e. The molecule has 2 aromatic carbocycles. The Bertz CT molecular complexity index is 1290. The van der Waals surface area contributed by atoms with E-state index in [-0.39, 0.29) is 29.2 Å². The van der Waals surface area contributed by atoms with Crippen molar-refractivity contribution in [1.82, 2.24) is 5.32 Å². The van der Waals surface area contributed by atoms with Crippen molar-refractivity contribution >= 4 is 23.7 Å².